The van der Waals surface area contributed by atoms with Crippen molar-refractivity contribution in [2.75, 3.05) is 49.1 Å². The number of hydrogen-bond donors (Lipinski definition) is 2. The third-order valence-corrected chi connectivity index (χ3v) is 8.40. The highest BCUT2D eigenvalue weighted by Gasteiger charge is 2.41. The van der Waals surface area contributed by atoms with Crippen LogP contribution in [0.1, 0.15) is 45.1 Å². The van der Waals surface area contributed by atoms with Crippen molar-refractivity contribution in [1.82, 2.24) is 30.4 Å². The summed E-state index contributed by atoms with van der Waals surface area (Å²) >= 11 is 0. The van der Waals surface area contributed by atoms with Gasteiger partial charge in [0.2, 0.25) is 5.91 Å². The number of benzene rings is 1. The highest BCUT2D eigenvalue weighted by Crippen LogP contribution is 2.33. The van der Waals surface area contributed by atoms with Crippen molar-refractivity contribution in [3.63, 3.8) is 0 Å². The number of piperazine rings is 1. The molecule has 1 aromatic carbocycles. The van der Waals surface area contributed by atoms with Crippen molar-refractivity contribution >= 4 is 28.4 Å². The summed E-state index contributed by atoms with van der Waals surface area (Å²) in [5.74, 6) is 1.02. The number of carbonyl (C=O) groups excluding carboxylic acids is 1. The maximum atomic E-state index is 12.8. The molecule has 0 atom stereocenters. The number of nitrogens with one attached hydrogen (secondary N) is 2. The number of piperidine rings is 2. The number of anilines is 2. The van der Waals surface area contributed by atoms with Gasteiger partial charge in [-0.15, -0.1) is 0 Å². The zero-order valence-electron chi connectivity index (χ0n) is 21.3. The van der Waals surface area contributed by atoms with E-state index in [2.05, 4.69) is 78.3 Å². The van der Waals surface area contributed by atoms with Gasteiger partial charge in [-0.1, -0.05) is 26.0 Å². The summed E-state index contributed by atoms with van der Waals surface area (Å²) in [5, 5.41) is 11.3. The summed E-state index contributed by atoms with van der Waals surface area (Å²) in [7, 11) is 0. The predicted octanol–water partition coefficient (Wildman–Crippen LogP) is 2.95. The molecule has 3 aromatic rings. The van der Waals surface area contributed by atoms with E-state index in [9.17, 15) is 4.79 Å². The summed E-state index contributed by atoms with van der Waals surface area (Å²) < 4.78 is 0. The van der Waals surface area contributed by atoms with Gasteiger partial charge in [-0.25, -0.2) is 9.97 Å². The van der Waals surface area contributed by atoms with Crippen molar-refractivity contribution in [3.8, 4) is 0 Å². The minimum absolute atomic E-state index is 0.106. The van der Waals surface area contributed by atoms with Crippen LogP contribution in [0, 0.1) is 5.41 Å². The van der Waals surface area contributed by atoms with Gasteiger partial charge >= 0.3 is 0 Å². The Morgan fingerprint density at radius 1 is 0.944 bits per heavy atom. The minimum Gasteiger partial charge on any atom is -0.360 e. The molecule has 9 nitrogen and oxygen atoms in total. The van der Waals surface area contributed by atoms with E-state index in [-0.39, 0.29) is 11.4 Å². The fourth-order valence-electron chi connectivity index (χ4n) is 5.97. The highest BCUT2D eigenvalue weighted by atomic mass is 16.2. The molecule has 1 spiro atoms. The number of aromatic amines is 1. The van der Waals surface area contributed by atoms with Crippen molar-refractivity contribution < 1.29 is 4.79 Å². The smallest absolute Gasteiger partial charge is 0.240 e. The summed E-state index contributed by atoms with van der Waals surface area (Å²) in [4.78, 5) is 28.7. The second-order valence-corrected chi connectivity index (χ2v) is 11.6. The van der Waals surface area contributed by atoms with Crippen LogP contribution in [-0.4, -0.2) is 75.8 Å². The average Bonchev–Trinajstić information content (AvgIpc) is 3.35. The van der Waals surface area contributed by atoms with E-state index in [4.69, 9.17) is 0 Å². The van der Waals surface area contributed by atoms with Gasteiger partial charge in [0, 0.05) is 31.9 Å². The van der Waals surface area contributed by atoms with Crippen LogP contribution in [-0.2, 0) is 11.3 Å². The lowest BCUT2D eigenvalue weighted by Crippen LogP contribution is -2.66. The summed E-state index contributed by atoms with van der Waals surface area (Å²) in [5.41, 5.74) is 3.49. The molecule has 3 aliphatic rings. The fraction of sp³-hybridized carbons (Fsp3) is 0.556. The van der Waals surface area contributed by atoms with Crippen LogP contribution in [0.4, 0.5) is 11.5 Å². The maximum Gasteiger partial charge on any atom is 0.240 e. The first-order chi connectivity index (χ1) is 17.4. The molecule has 3 aliphatic heterocycles. The fourth-order valence-corrected chi connectivity index (χ4v) is 5.97. The Hall–Kier alpha value is -3.20. The number of rotatable bonds is 4. The van der Waals surface area contributed by atoms with Gasteiger partial charge in [-0.05, 0) is 61.9 Å². The Balaban J connectivity index is 1.10. The van der Waals surface area contributed by atoms with Crippen LogP contribution in [0.2, 0.25) is 0 Å². The molecule has 3 fully saturated rings. The first-order valence-corrected chi connectivity index (χ1v) is 13.1. The monoisotopic (exact) mass is 488 g/mol. The Kier molecular flexibility index (Phi) is 5.82. The maximum absolute atomic E-state index is 12.8. The lowest BCUT2D eigenvalue weighted by Gasteiger charge is -2.48. The van der Waals surface area contributed by atoms with Crippen LogP contribution >= 0.6 is 0 Å². The van der Waals surface area contributed by atoms with Crippen LogP contribution < -0.4 is 15.1 Å². The van der Waals surface area contributed by atoms with Crippen LogP contribution in [0.15, 0.2) is 36.8 Å². The Labute approximate surface area is 212 Å². The number of hydrogen-bond acceptors (Lipinski definition) is 7. The Morgan fingerprint density at radius 3 is 2.44 bits per heavy atom. The van der Waals surface area contributed by atoms with Gasteiger partial charge in [-0.3, -0.25) is 14.8 Å². The molecule has 36 heavy (non-hydrogen) atoms. The quantitative estimate of drug-likeness (QED) is 0.583. The normalized spacial score (nSPS) is 22.2. The molecule has 3 saturated heterocycles. The summed E-state index contributed by atoms with van der Waals surface area (Å²) in [6.07, 6.45) is 7.65. The van der Waals surface area contributed by atoms with E-state index in [1.54, 1.807) is 12.5 Å². The number of amides is 1. The molecule has 2 aromatic heterocycles. The first kappa shape index (κ1) is 23.2. The van der Waals surface area contributed by atoms with Gasteiger partial charge in [0.05, 0.1) is 23.7 Å². The van der Waals surface area contributed by atoms with Crippen LogP contribution in [0.5, 0.6) is 0 Å². The van der Waals surface area contributed by atoms with Gasteiger partial charge < -0.3 is 15.1 Å². The molecule has 0 unspecified atom stereocenters. The third kappa shape index (κ3) is 4.64. The number of likely N-dealkylation sites (tertiary alicyclic amines) is 1. The summed E-state index contributed by atoms with van der Waals surface area (Å²) in [6.45, 7) is 11.0. The Bertz CT molecular complexity index is 1220. The SMILES string of the molecule is CC1(C)CCN(Cc2ccc(N3CC(=O)NC4(CCN(c5ncnc6[nH]ncc56)CC4)C3)cc2)CC1. The van der Waals surface area contributed by atoms with Gasteiger partial charge in [0.25, 0.3) is 0 Å². The van der Waals surface area contributed by atoms with Gasteiger partial charge in [0.1, 0.15) is 12.1 Å². The molecule has 0 saturated carbocycles. The molecule has 0 radical (unpaired) electrons. The molecule has 0 aliphatic carbocycles. The molecule has 6 rings (SSSR count). The zero-order chi connectivity index (χ0) is 24.8. The second kappa shape index (κ2) is 9.03. The van der Waals surface area contributed by atoms with Crippen LogP contribution in [0.25, 0.3) is 11.0 Å². The number of nitrogens with zero attached hydrogens (tertiary/aromatic N) is 6. The van der Waals surface area contributed by atoms with Crippen LogP contribution in [0.3, 0.4) is 0 Å². The second-order valence-electron chi connectivity index (χ2n) is 11.6. The standard InChI is InChI=1S/C27H36N8O/c1-26(2)7-11-33(12-8-26)16-20-3-5-21(6-4-20)35-17-23(36)31-27(18-35)9-13-34(14-10-27)25-22-15-30-32-24(22)28-19-29-25/h3-6,15,19H,7-14,16-18H2,1-2H3,(H,31,36)(H,28,29,30,32). The minimum atomic E-state index is -0.215. The van der Waals surface area contributed by atoms with Crippen molar-refractivity contribution in [2.24, 2.45) is 5.41 Å². The molecule has 5 heterocycles. The number of fused-ring (bicyclic) bond motifs is 1. The van der Waals surface area contributed by atoms with E-state index in [1.807, 2.05) is 0 Å². The zero-order valence-corrected chi connectivity index (χ0v) is 21.3. The van der Waals surface area contributed by atoms with E-state index in [0.717, 1.165) is 61.6 Å². The molecule has 9 heteroatoms. The molecule has 1 amide bonds. The first-order valence-electron chi connectivity index (χ1n) is 13.1. The van der Waals surface area contributed by atoms with Crippen molar-refractivity contribution in [2.45, 2.75) is 51.6 Å². The summed E-state index contributed by atoms with van der Waals surface area (Å²) in [6, 6.07) is 8.87. The molecular weight excluding hydrogens is 452 g/mol. The largest absolute Gasteiger partial charge is 0.360 e. The molecule has 190 valence electrons. The lowest BCUT2D eigenvalue weighted by atomic mass is 9.82. The van der Waals surface area contributed by atoms with Gasteiger partial charge in [-0.2, -0.15) is 5.10 Å². The van der Waals surface area contributed by atoms with Crippen molar-refractivity contribution in [3.05, 3.63) is 42.4 Å². The van der Waals surface area contributed by atoms with Gasteiger partial charge in [0.15, 0.2) is 5.65 Å². The van der Waals surface area contributed by atoms with Crippen molar-refractivity contribution in [1.29, 1.82) is 0 Å². The number of aromatic nitrogens is 4. The van der Waals surface area contributed by atoms with E-state index >= 15 is 0 Å². The topological polar surface area (TPSA) is 93.3 Å². The lowest BCUT2D eigenvalue weighted by molar-refractivity contribution is -0.123. The third-order valence-electron chi connectivity index (χ3n) is 8.40. The average molecular weight is 489 g/mol. The van der Waals surface area contributed by atoms with E-state index in [0.29, 0.717) is 12.0 Å². The molecule has 0 bridgehead atoms. The number of H-pyrrole nitrogens is 1. The molecular formula is C27H36N8O. The van der Waals surface area contributed by atoms with E-state index < -0.39 is 0 Å². The Morgan fingerprint density at radius 2 is 1.69 bits per heavy atom. The predicted molar refractivity (Wildman–Crippen MR) is 141 cm³/mol. The highest BCUT2D eigenvalue weighted by molar-refractivity contribution is 5.86. The number of carbonyl (C=O) groups is 1. The molecule has 2 N–H and O–H groups in total. The van der Waals surface area contributed by atoms with E-state index in [1.165, 1.54) is 31.5 Å².